The Morgan fingerprint density at radius 2 is 1.75 bits per heavy atom. The van der Waals surface area contributed by atoms with Crippen molar-refractivity contribution in [2.24, 2.45) is 0 Å². The maximum absolute atomic E-state index is 10.2. The van der Waals surface area contributed by atoms with Gasteiger partial charge in [-0.1, -0.05) is 5.21 Å². The van der Waals surface area contributed by atoms with Gasteiger partial charge in [0.05, 0.1) is 17.3 Å². The second-order valence-corrected chi connectivity index (χ2v) is 4.92. The van der Waals surface area contributed by atoms with Gasteiger partial charge in [0, 0.05) is 24.8 Å². The Bertz CT molecular complexity index is 787. The number of hydrogen-bond donors (Lipinski definition) is 0. The van der Waals surface area contributed by atoms with Crippen LogP contribution in [-0.4, -0.2) is 53.4 Å². The van der Waals surface area contributed by atoms with E-state index in [0.29, 0.717) is 5.95 Å². The first-order valence-corrected chi connectivity index (χ1v) is 8.30. The van der Waals surface area contributed by atoms with Crippen molar-refractivity contribution in [1.82, 2.24) is 29.9 Å². The molecule has 3 aromatic rings. The van der Waals surface area contributed by atoms with Crippen LogP contribution in [0.3, 0.4) is 0 Å². The number of nitrogens with zero attached hydrogens (tertiary/aromatic N) is 6. The van der Waals surface area contributed by atoms with Crippen LogP contribution >= 0.6 is 0 Å². The van der Waals surface area contributed by atoms with E-state index in [2.05, 4.69) is 49.0 Å². The monoisotopic (exact) mass is 443 g/mol. The molecule has 2 N–H and O–H groups in total. The van der Waals surface area contributed by atoms with Gasteiger partial charge in [0.15, 0.2) is 0 Å². The topological polar surface area (TPSA) is 158 Å². The molecule has 10 nitrogen and oxygen atoms in total. The van der Waals surface area contributed by atoms with E-state index in [1.807, 2.05) is 0 Å². The van der Waals surface area contributed by atoms with Gasteiger partial charge in [-0.15, -0.1) is 5.10 Å². The Labute approximate surface area is 148 Å². The van der Waals surface area contributed by atoms with E-state index < -0.39 is 10.1 Å². The van der Waals surface area contributed by atoms with Crippen molar-refractivity contribution >= 4 is 15.1 Å². The van der Waals surface area contributed by atoms with Crippen LogP contribution in [0.1, 0.15) is 0 Å². The molecule has 0 unspecified atom stereocenters. The zero-order chi connectivity index (χ0) is 17.1. The molecule has 0 fully saturated rings. The predicted molar refractivity (Wildman–Crippen MR) is 79.9 cm³/mol. The van der Waals surface area contributed by atoms with E-state index in [0.717, 1.165) is 6.20 Å². The molecule has 3 aromatic heterocycles. The molecule has 0 bridgehead atoms. The third-order valence-electron chi connectivity index (χ3n) is 2.10. The second-order valence-electron chi connectivity index (χ2n) is 3.54. The standard InChI is InChI=1S/C6H5N5.C5H5NO3S.CH2.H2O.Pd/c1-2-7-6(8-3-1)11-5-4-9-10-11;7-10(8,9)5-2-1-3-6-4-5;;;/h1-5H;1-4H,(H,7,8,9);2*1H2;/q;;;;+1/p-1. The van der Waals surface area contributed by atoms with Crippen LogP contribution in [-0.2, 0) is 28.9 Å². The van der Waals surface area contributed by atoms with E-state index in [4.69, 9.17) is 0 Å². The van der Waals surface area contributed by atoms with Crippen molar-refractivity contribution in [1.29, 1.82) is 0 Å². The summed E-state index contributed by atoms with van der Waals surface area (Å²) in [7, 11) is -4.32. The minimum atomic E-state index is -4.32. The summed E-state index contributed by atoms with van der Waals surface area (Å²) in [5.41, 5.74) is 0. The molecular weight excluding hydrogens is 431 g/mol. The third-order valence-corrected chi connectivity index (χ3v) is 2.92. The second kappa shape index (κ2) is 11.3. The summed E-state index contributed by atoms with van der Waals surface area (Å²) in [5, 5.41) is 7.36. The zero-order valence-corrected chi connectivity index (χ0v) is 14.4. The van der Waals surface area contributed by atoms with E-state index >= 15 is 0 Å². The Balaban J connectivity index is 0.000000387. The molecule has 24 heavy (non-hydrogen) atoms. The van der Waals surface area contributed by atoms with Crippen molar-refractivity contribution < 1.29 is 37.2 Å². The molecule has 0 aliphatic carbocycles. The van der Waals surface area contributed by atoms with Crippen LogP contribution in [0, 0.1) is 0 Å². The van der Waals surface area contributed by atoms with E-state index in [9.17, 15) is 13.0 Å². The predicted octanol–water partition coefficient (Wildman–Crippen LogP) is -0.817. The van der Waals surface area contributed by atoms with E-state index in [1.165, 1.54) is 23.0 Å². The summed E-state index contributed by atoms with van der Waals surface area (Å²) in [5.74, 6) is 0.532. The molecule has 12 heteroatoms. The minimum Gasteiger partial charge on any atom is -0.220 e. The van der Waals surface area contributed by atoms with Crippen LogP contribution in [0.15, 0.2) is 60.3 Å². The smallest absolute Gasteiger partial charge is 0.220 e. The number of aromatic nitrogens is 6. The Morgan fingerprint density at radius 3 is 2.17 bits per heavy atom. The largest absolute Gasteiger partial charge is 0.251 e. The average molecular weight is 444 g/mol. The summed E-state index contributed by atoms with van der Waals surface area (Å²) in [6.07, 6.45) is 9.00. The minimum absolute atomic E-state index is 0. The average Bonchev–Trinajstić information content (AvgIpc) is 3.13. The molecule has 3 heterocycles. The molecule has 3 rings (SSSR count). The van der Waals surface area contributed by atoms with Crippen LogP contribution in [0.2, 0.25) is 0 Å². The maximum Gasteiger partial charge on any atom is 0.251 e. The van der Waals surface area contributed by atoms with Gasteiger partial charge in [-0.05, 0) is 18.2 Å². The van der Waals surface area contributed by atoms with Gasteiger partial charge < -0.3 is 10.0 Å². The van der Waals surface area contributed by atoms with Crippen molar-refractivity contribution in [3.05, 3.63) is 55.4 Å². The van der Waals surface area contributed by atoms with Crippen molar-refractivity contribution in [2.75, 3.05) is 0 Å². The van der Waals surface area contributed by atoms with Gasteiger partial charge in [-0.25, -0.2) is 18.4 Å². The summed E-state index contributed by atoms with van der Waals surface area (Å²) >= 11 is 2.50. The fourth-order valence-electron chi connectivity index (χ4n) is 1.22. The molecule has 0 aliphatic rings. The fourth-order valence-corrected chi connectivity index (χ4v) is 1.65. The fraction of sp³-hybridized carbons (Fsp3) is 0. The summed E-state index contributed by atoms with van der Waals surface area (Å²) in [4.78, 5) is 14.2. The molecule has 0 atom stereocenters. The summed E-state index contributed by atoms with van der Waals surface area (Å²) in [6, 6.07) is 4.35. The Kier molecular flexibility index (Phi) is 10.3. The van der Waals surface area contributed by atoms with Crippen LogP contribution in [0.25, 0.3) is 5.95 Å². The molecule has 0 radical (unpaired) electrons. The van der Waals surface area contributed by atoms with E-state index in [-0.39, 0.29) is 10.4 Å². The molecular formula is C12H13N6O4PdS. The molecule has 131 valence electrons. The normalized spacial score (nSPS) is 9.42. The quantitative estimate of drug-likeness (QED) is 0.367. The maximum atomic E-state index is 10.2. The van der Waals surface area contributed by atoms with Crippen molar-refractivity contribution in [3.8, 4) is 5.95 Å². The van der Waals surface area contributed by atoms with Gasteiger partial charge in [-0.3, -0.25) is 4.98 Å². The molecule has 0 saturated carbocycles. The zero-order valence-electron chi connectivity index (χ0n) is 12.0. The van der Waals surface area contributed by atoms with Crippen LogP contribution in [0.4, 0.5) is 0 Å². The molecule has 0 amide bonds. The van der Waals surface area contributed by atoms with Crippen LogP contribution < -0.4 is 0 Å². The number of hydrogen-bond acceptors (Lipinski definition) is 8. The van der Waals surface area contributed by atoms with Gasteiger partial charge in [0.1, 0.15) is 10.1 Å². The van der Waals surface area contributed by atoms with Gasteiger partial charge in [0.2, 0.25) is 0 Å². The number of rotatable bonds is 2. The molecule has 0 aromatic carbocycles. The van der Waals surface area contributed by atoms with E-state index in [1.54, 1.807) is 30.9 Å². The molecule has 0 aliphatic heterocycles. The Hall–Kier alpha value is -2.23. The first-order valence-electron chi connectivity index (χ1n) is 5.79. The summed E-state index contributed by atoms with van der Waals surface area (Å²) in [6.45, 7) is 0. The first-order chi connectivity index (χ1) is 11.1. The molecule has 0 spiro atoms. The van der Waals surface area contributed by atoms with Crippen molar-refractivity contribution in [3.63, 3.8) is 0 Å². The van der Waals surface area contributed by atoms with Gasteiger partial charge in [-0.2, -0.15) is 4.68 Å². The SMILES string of the molecule is O.O=S(=O)([O-])c1cccnc1.[CH2]=[Pd+].c1cnc(-n2ccnn2)nc1. The molecule has 0 saturated heterocycles. The number of pyridine rings is 1. The summed E-state index contributed by atoms with van der Waals surface area (Å²) < 4.78 is 32.2. The van der Waals surface area contributed by atoms with Crippen LogP contribution in [0.5, 0.6) is 0 Å². The van der Waals surface area contributed by atoms with Crippen molar-refractivity contribution in [2.45, 2.75) is 4.90 Å². The van der Waals surface area contributed by atoms with Gasteiger partial charge in [0.25, 0.3) is 5.95 Å². The first kappa shape index (κ1) is 21.8. The Morgan fingerprint density at radius 1 is 1.08 bits per heavy atom. The van der Waals surface area contributed by atoms with Gasteiger partial charge >= 0.3 is 23.7 Å². The third kappa shape index (κ3) is 7.36.